The normalized spacial score (nSPS) is 17.4. The Morgan fingerprint density at radius 1 is 1.40 bits per heavy atom. The van der Waals surface area contributed by atoms with Crippen molar-refractivity contribution in [3.63, 3.8) is 0 Å². The number of rotatable bonds is 4. The number of likely N-dealkylation sites (tertiary alicyclic amines) is 1. The minimum absolute atomic E-state index is 0.0930. The largest absolute Gasteiger partial charge is 0.353 e. The van der Waals surface area contributed by atoms with Crippen molar-refractivity contribution in [2.24, 2.45) is 5.73 Å². The molecule has 1 saturated heterocycles. The summed E-state index contributed by atoms with van der Waals surface area (Å²) in [6, 6.07) is 0. The summed E-state index contributed by atoms with van der Waals surface area (Å²) in [5.74, 6) is -0.0221. The standard InChI is InChI=1S/C10H19N3O2/c11-5-6-12-9(14)8-13-7-3-1-2-4-10(13)15/h1-8,11H2,(H,12,14). The summed E-state index contributed by atoms with van der Waals surface area (Å²) >= 11 is 0. The lowest BCUT2D eigenvalue weighted by Gasteiger charge is -2.19. The van der Waals surface area contributed by atoms with Crippen molar-refractivity contribution in [1.82, 2.24) is 10.2 Å². The van der Waals surface area contributed by atoms with Crippen LogP contribution < -0.4 is 11.1 Å². The van der Waals surface area contributed by atoms with Crippen molar-refractivity contribution < 1.29 is 9.59 Å². The maximum atomic E-state index is 11.5. The topological polar surface area (TPSA) is 75.4 Å². The number of carbonyl (C=O) groups is 2. The molecule has 0 aliphatic carbocycles. The molecular formula is C10H19N3O2. The van der Waals surface area contributed by atoms with E-state index in [1.54, 1.807) is 4.90 Å². The minimum atomic E-state index is -0.115. The van der Waals surface area contributed by atoms with Gasteiger partial charge in [0.1, 0.15) is 0 Å². The van der Waals surface area contributed by atoms with Gasteiger partial charge in [-0.25, -0.2) is 0 Å². The van der Waals surface area contributed by atoms with Gasteiger partial charge >= 0.3 is 0 Å². The molecule has 1 fully saturated rings. The zero-order valence-corrected chi connectivity index (χ0v) is 9.00. The van der Waals surface area contributed by atoms with Crippen molar-refractivity contribution in [2.45, 2.75) is 25.7 Å². The Balaban J connectivity index is 2.34. The molecule has 0 unspecified atom stereocenters. The molecule has 0 spiro atoms. The van der Waals surface area contributed by atoms with Crippen LogP contribution >= 0.6 is 0 Å². The molecule has 0 bridgehead atoms. The summed E-state index contributed by atoms with van der Waals surface area (Å²) in [4.78, 5) is 24.5. The smallest absolute Gasteiger partial charge is 0.239 e. The zero-order chi connectivity index (χ0) is 11.1. The van der Waals surface area contributed by atoms with Crippen molar-refractivity contribution in [1.29, 1.82) is 0 Å². The van der Waals surface area contributed by atoms with E-state index in [0.29, 0.717) is 26.1 Å². The van der Waals surface area contributed by atoms with E-state index in [-0.39, 0.29) is 18.4 Å². The first-order chi connectivity index (χ1) is 7.24. The van der Waals surface area contributed by atoms with Crippen LogP contribution in [-0.2, 0) is 9.59 Å². The van der Waals surface area contributed by atoms with Crippen molar-refractivity contribution in [3.8, 4) is 0 Å². The average Bonchev–Trinajstić information content (AvgIpc) is 2.42. The number of carbonyl (C=O) groups excluding carboxylic acids is 2. The molecule has 86 valence electrons. The van der Waals surface area contributed by atoms with Gasteiger partial charge in [-0.2, -0.15) is 0 Å². The lowest BCUT2D eigenvalue weighted by atomic mass is 10.2. The van der Waals surface area contributed by atoms with Crippen molar-refractivity contribution in [2.75, 3.05) is 26.2 Å². The molecule has 15 heavy (non-hydrogen) atoms. The number of hydrogen-bond donors (Lipinski definition) is 2. The molecule has 1 aliphatic rings. The average molecular weight is 213 g/mol. The quantitative estimate of drug-likeness (QED) is 0.659. The summed E-state index contributed by atoms with van der Waals surface area (Å²) in [6.45, 7) is 1.79. The highest BCUT2D eigenvalue weighted by Crippen LogP contribution is 2.10. The van der Waals surface area contributed by atoms with Gasteiger partial charge in [0.15, 0.2) is 0 Å². The molecule has 0 aromatic rings. The van der Waals surface area contributed by atoms with Crippen LogP contribution in [0.3, 0.4) is 0 Å². The molecule has 2 amide bonds. The van der Waals surface area contributed by atoms with E-state index in [9.17, 15) is 9.59 Å². The highest BCUT2D eigenvalue weighted by molar-refractivity contribution is 5.84. The third-order valence-corrected chi connectivity index (χ3v) is 2.47. The first-order valence-corrected chi connectivity index (χ1v) is 5.48. The summed E-state index contributed by atoms with van der Waals surface area (Å²) < 4.78 is 0. The van der Waals surface area contributed by atoms with Crippen LogP contribution in [0.15, 0.2) is 0 Å². The van der Waals surface area contributed by atoms with Gasteiger partial charge in [-0.15, -0.1) is 0 Å². The molecule has 0 aromatic carbocycles. The monoisotopic (exact) mass is 213 g/mol. The van der Waals surface area contributed by atoms with Gasteiger partial charge in [0, 0.05) is 26.1 Å². The molecule has 1 aliphatic heterocycles. The molecular weight excluding hydrogens is 194 g/mol. The van der Waals surface area contributed by atoms with E-state index in [2.05, 4.69) is 5.32 Å². The van der Waals surface area contributed by atoms with Gasteiger partial charge in [0.05, 0.1) is 6.54 Å². The maximum Gasteiger partial charge on any atom is 0.239 e. The number of nitrogens with two attached hydrogens (primary N) is 1. The minimum Gasteiger partial charge on any atom is -0.353 e. The first-order valence-electron chi connectivity index (χ1n) is 5.48. The van der Waals surface area contributed by atoms with E-state index in [0.717, 1.165) is 19.3 Å². The van der Waals surface area contributed by atoms with E-state index in [1.807, 2.05) is 0 Å². The van der Waals surface area contributed by atoms with E-state index in [1.165, 1.54) is 0 Å². The summed E-state index contributed by atoms with van der Waals surface area (Å²) in [5, 5.41) is 2.66. The van der Waals surface area contributed by atoms with Crippen LogP contribution in [0.2, 0.25) is 0 Å². The molecule has 1 rings (SSSR count). The van der Waals surface area contributed by atoms with Gasteiger partial charge < -0.3 is 16.0 Å². The molecule has 5 heteroatoms. The predicted octanol–water partition coefficient (Wildman–Crippen LogP) is -0.536. The number of nitrogens with one attached hydrogen (secondary N) is 1. The molecule has 0 atom stereocenters. The van der Waals surface area contributed by atoms with Crippen LogP contribution in [0.1, 0.15) is 25.7 Å². The lowest BCUT2D eigenvalue weighted by Crippen LogP contribution is -2.41. The summed E-state index contributed by atoms with van der Waals surface area (Å²) in [7, 11) is 0. The second kappa shape index (κ2) is 6.40. The van der Waals surface area contributed by atoms with E-state index < -0.39 is 0 Å². The Bertz CT molecular complexity index is 231. The van der Waals surface area contributed by atoms with Crippen molar-refractivity contribution >= 4 is 11.8 Å². The lowest BCUT2D eigenvalue weighted by molar-refractivity contribution is -0.135. The van der Waals surface area contributed by atoms with Gasteiger partial charge in [-0.1, -0.05) is 6.42 Å². The van der Waals surface area contributed by atoms with Gasteiger partial charge in [0.2, 0.25) is 11.8 Å². The molecule has 3 N–H and O–H groups in total. The first kappa shape index (κ1) is 12.0. The highest BCUT2D eigenvalue weighted by atomic mass is 16.2. The van der Waals surface area contributed by atoms with Crippen LogP contribution in [0, 0.1) is 0 Å². The Morgan fingerprint density at radius 2 is 2.20 bits per heavy atom. The van der Waals surface area contributed by atoms with E-state index in [4.69, 9.17) is 5.73 Å². The second-order valence-corrected chi connectivity index (χ2v) is 3.76. The van der Waals surface area contributed by atoms with Crippen LogP contribution in [-0.4, -0.2) is 42.9 Å². The Labute approximate surface area is 90.0 Å². The highest BCUT2D eigenvalue weighted by Gasteiger charge is 2.18. The SMILES string of the molecule is NCCNC(=O)CN1CCCCCC1=O. The van der Waals surface area contributed by atoms with Crippen molar-refractivity contribution in [3.05, 3.63) is 0 Å². The molecule has 1 heterocycles. The molecule has 5 nitrogen and oxygen atoms in total. The Hall–Kier alpha value is -1.10. The zero-order valence-electron chi connectivity index (χ0n) is 9.00. The van der Waals surface area contributed by atoms with Gasteiger partial charge in [-0.05, 0) is 12.8 Å². The fourth-order valence-corrected chi connectivity index (χ4v) is 1.65. The fraction of sp³-hybridized carbons (Fsp3) is 0.800. The molecule has 0 saturated carbocycles. The molecule has 0 aromatic heterocycles. The summed E-state index contributed by atoms with van der Waals surface area (Å²) in [6.07, 6.45) is 3.59. The second-order valence-electron chi connectivity index (χ2n) is 3.76. The molecule has 0 radical (unpaired) electrons. The van der Waals surface area contributed by atoms with Gasteiger partial charge in [-0.3, -0.25) is 9.59 Å². The maximum absolute atomic E-state index is 11.5. The predicted molar refractivity (Wildman–Crippen MR) is 57.1 cm³/mol. The van der Waals surface area contributed by atoms with Crippen LogP contribution in [0.5, 0.6) is 0 Å². The Kier molecular flexibility index (Phi) is 5.10. The Morgan fingerprint density at radius 3 is 2.93 bits per heavy atom. The van der Waals surface area contributed by atoms with Crippen LogP contribution in [0.4, 0.5) is 0 Å². The summed E-state index contributed by atoms with van der Waals surface area (Å²) in [5.41, 5.74) is 5.27. The van der Waals surface area contributed by atoms with Gasteiger partial charge in [0.25, 0.3) is 0 Å². The number of amides is 2. The third-order valence-electron chi connectivity index (χ3n) is 2.47. The fourth-order valence-electron chi connectivity index (χ4n) is 1.65. The van der Waals surface area contributed by atoms with E-state index >= 15 is 0 Å². The number of hydrogen-bond acceptors (Lipinski definition) is 3. The van der Waals surface area contributed by atoms with Crippen LogP contribution in [0.25, 0.3) is 0 Å². The number of nitrogens with zero attached hydrogens (tertiary/aromatic N) is 1. The third kappa shape index (κ3) is 4.29.